The molecule has 1 aliphatic heterocycles. The molecule has 1 aliphatic rings. The summed E-state index contributed by atoms with van der Waals surface area (Å²) in [5.74, 6) is 0. The van der Waals surface area contributed by atoms with E-state index in [2.05, 4.69) is 25.2 Å². The van der Waals surface area contributed by atoms with E-state index in [-0.39, 0.29) is 0 Å². The quantitative estimate of drug-likeness (QED) is 0.486. The molecule has 0 aliphatic carbocycles. The number of allylic oxidation sites excluding steroid dienone is 1. The molecule has 0 spiro atoms. The van der Waals surface area contributed by atoms with Gasteiger partial charge in [-0.2, -0.15) is 0 Å². The van der Waals surface area contributed by atoms with Gasteiger partial charge in [-0.15, -0.1) is 0 Å². The van der Waals surface area contributed by atoms with Crippen molar-refractivity contribution >= 4 is 0 Å². The Morgan fingerprint density at radius 2 is 2.44 bits per heavy atom. The second-order valence-corrected chi connectivity index (χ2v) is 2.86. The summed E-state index contributed by atoms with van der Waals surface area (Å²) in [6.45, 7) is 5.59. The molecule has 0 unspecified atom stereocenters. The molecular weight excluding hydrogens is 110 g/mol. The van der Waals surface area contributed by atoms with Crippen molar-refractivity contribution in [2.45, 2.75) is 32.7 Å². The maximum atomic E-state index is 3.40. The van der Waals surface area contributed by atoms with Crippen molar-refractivity contribution in [1.29, 1.82) is 0 Å². The maximum absolute atomic E-state index is 3.40. The number of nitrogens with one attached hydrogen (secondary N) is 1. The lowest BCUT2D eigenvalue weighted by molar-refractivity contribution is 0.628. The van der Waals surface area contributed by atoms with E-state index in [4.69, 9.17) is 0 Å². The van der Waals surface area contributed by atoms with Crippen LogP contribution in [0.3, 0.4) is 0 Å². The van der Waals surface area contributed by atoms with Gasteiger partial charge in [0.2, 0.25) is 0 Å². The largest absolute Gasteiger partial charge is 0.311 e. The predicted octanol–water partition coefficient (Wildman–Crippen LogP) is 1.70. The van der Waals surface area contributed by atoms with E-state index in [1.807, 2.05) is 0 Å². The zero-order chi connectivity index (χ0) is 6.69. The van der Waals surface area contributed by atoms with E-state index in [1.54, 1.807) is 0 Å². The monoisotopic (exact) mass is 125 g/mol. The fourth-order valence-electron chi connectivity index (χ4n) is 1.27. The molecule has 1 N–H and O–H groups in total. The fourth-order valence-corrected chi connectivity index (χ4v) is 1.27. The maximum Gasteiger partial charge on any atom is 0.0224 e. The fraction of sp³-hybridized carbons (Fsp3) is 0.750. The van der Waals surface area contributed by atoms with Crippen LogP contribution in [0.2, 0.25) is 0 Å². The highest BCUT2D eigenvalue weighted by atomic mass is 14.9. The average molecular weight is 125 g/mol. The summed E-state index contributed by atoms with van der Waals surface area (Å²) in [7, 11) is 0. The van der Waals surface area contributed by atoms with Crippen molar-refractivity contribution in [3.63, 3.8) is 0 Å². The molecule has 0 saturated heterocycles. The van der Waals surface area contributed by atoms with Gasteiger partial charge < -0.3 is 5.32 Å². The summed E-state index contributed by atoms with van der Waals surface area (Å²) < 4.78 is 0. The molecule has 9 heavy (non-hydrogen) atoms. The first-order chi connectivity index (χ1) is 4.29. The lowest BCUT2D eigenvalue weighted by atomic mass is 10.1. The van der Waals surface area contributed by atoms with E-state index in [0.717, 1.165) is 0 Å². The standard InChI is InChI=1S/C8H15N/c1-7-4-3-5-9-8(2)6-7/h6,8-9H,3-5H2,1-2H3/t8-/m1/s1. The lowest BCUT2D eigenvalue weighted by Crippen LogP contribution is -2.23. The third-order valence-electron chi connectivity index (χ3n) is 1.75. The molecule has 0 bridgehead atoms. The van der Waals surface area contributed by atoms with Crippen LogP contribution in [0.15, 0.2) is 11.6 Å². The van der Waals surface area contributed by atoms with Crippen LogP contribution in [0, 0.1) is 0 Å². The van der Waals surface area contributed by atoms with Crippen LogP contribution >= 0.6 is 0 Å². The van der Waals surface area contributed by atoms with Crippen LogP contribution in [-0.4, -0.2) is 12.6 Å². The molecule has 0 saturated carbocycles. The van der Waals surface area contributed by atoms with Crippen molar-refractivity contribution in [2.75, 3.05) is 6.54 Å². The Morgan fingerprint density at radius 3 is 3.22 bits per heavy atom. The zero-order valence-corrected chi connectivity index (χ0v) is 6.28. The molecule has 0 fully saturated rings. The Bertz CT molecular complexity index is 116. The molecule has 1 rings (SSSR count). The number of hydrogen-bond donors (Lipinski definition) is 1. The van der Waals surface area contributed by atoms with Crippen molar-refractivity contribution in [2.24, 2.45) is 0 Å². The van der Waals surface area contributed by atoms with Crippen LogP contribution in [0.4, 0.5) is 0 Å². The second kappa shape index (κ2) is 3.02. The third-order valence-corrected chi connectivity index (χ3v) is 1.75. The summed E-state index contributed by atoms with van der Waals surface area (Å²) in [6.07, 6.45) is 4.89. The van der Waals surface area contributed by atoms with E-state index in [1.165, 1.54) is 25.0 Å². The summed E-state index contributed by atoms with van der Waals surface area (Å²) >= 11 is 0. The summed E-state index contributed by atoms with van der Waals surface area (Å²) in [5, 5.41) is 3.40. The molecule has 52 valence electrons. The molecule has 1 nitrogen and oxygen atoms in total. The lowest BCUT2D eigenvalue weighted by Gasteiger charge is -2.03. The smallest absolute Gasteiger partial charge is 0.0224 e. The minimum absolute atomic E-state index is 0.590. The van der Waals surface area contributed by atoms with Crippen LogP contribution in [0.1, 0.15) is 26.7 Å². The Labute approximate surface area is 57.1 Å². The highest BCUT2D eigenvalue weighted by Gasteiger charge is 2.01. The summed E-state index contributed by atoms with van der Waals surface area (Å²) in [6, 6.07) is 0.590. The van der Waals surface area contributed by atoms with Gasteiger partial charge in [-0.1, -0.05) is 11.6 Å². The zero-order valence-electron chi connectivity index (χ0n) is 6.28. The van der Waals surface area contributed by atoms with Crippen molar-refractivity contribution in [3.05, 3.63) is 11.6 Å². The average Bonchev–Trinajstić information content (AvgIpc) is 1.93. The highest BCUT2D eigenvalue weighted by Crippen LogP contribution is 2.07. The minimum Gasteiger partial charge on any atom is -0.311 e. The van der Waals surface area contributed by atoms with Gasteiger partial charge in [-0.3, -0.25) is 0 Å². The first-order valence-corrected chi connectivity index (χ1v) is 3.70. The van der Waals surface area contributed by atoms with E-state index in [0.29, 0.717) is 6.04 Å². The molecule has 0 aromatic rings. The van der Waals surface area contributed by atoms with Gasteiger partial charge in [0, 0.05) is 6.04 Å². The Hall–Kier alpha value is -0.300. The molecule has 0 radical (unpaired) electrons. The van der Waals surface area contributed by atoms with Gasteiger partial charge in [0.25, 0.3) is 0 Å². The molecule has 1 heteroatoms. The number of rotatable bonds is 0. The predicted molar refractivity (Wildman–Crippen MR) is 40.5 cm³/mol. The van der Waals surface area contributed by atoms with Crippen LogP contribution < -0.4 is 5.32 Å². The summed E-state index contributed by atoms with van der Waals surface area (Å²) in [5.41, 5.74) is 1.53. The molecule has 0 aromatic carbocycles. The first-order valence-electron chi connectivity index (χ1n) is 3.70. The van der Waals surface area contributed by atoms with Gasteiger partial charge in [-0.25, -0.2) is 0 Å². The molecular formula is C8H15N. The Kier molecular flexibility index (Phi) is 2.29. The minimum atomic E-state index is 0.590. The SMILES string of the molecule is CC1=C[C@@H](C)NCCC1. The van der Waals surface area contributed by atoms with Crippen molar-refractivity contribution in [3.8, 4) is 0 Å². The second-order valence-electron chi connectivity index (χ2n) is 2.86. The molecule has 1 heterocycles. The van der Waals surface area contributed by atoms with Crippen molar-refractivity contribution in [1.82, 2.24) is 5.32 Å². The molecule has 0 aromatic heterocycles. The van der Waals surface area contributed by atoms with Gasteiger partial charge in [0.15, 0.2) is 0 Å². The molecule has 1 atom stereocenters. The van der Waals surface area contributed by atoms with E-state index in [9.17, 15) is 0 Å². The Balaban J connectivity index is 2.49. The van der Waals surface area contributed by atoms with Gasteiger partial charge >= 0.3 is 0 Å². The van der Waals surface area contributed by atoms with Crippen molar-refractivity contribution < 1.29 is 0 Å². The highest BCUT2D eigenvalue weighted by molar-refractivity contribution is 5.04. The number of hydrogen-bond acceptors (Lipinski definition) is 1. The van der Waals surface area contributed by atoms with E-state index < -0.39 is 0 Å². The Morgan fingerprint density at radius 1 is 1.67 bits per heavy atom. The van der Waals surface area contributed by atoms with Gasteiger partial charge in [0.1, 0.15) is 0 Å². The summed E-state index contributed by atoms with van der Waals surface area (Å²) in [4.78, 5) is 0. The van der Waals surface area contributed by atoms with Crippen LogP contribution in [0.5, 0.6) is 0 Å². The third kappa shape index (κ3) is 2.19. The van der Waals surface area contributed by atoms with E-state index >= 15 is 0 Å². The normalized spacial score (nSPS) is 29.1. The van der Waals surface area contributed by atoms with Gasteiger partial charge in [0.05, 0.1) is 0 Å². The topological polar surface area (TPSA) is 12.0 Å². The first kappa shape index (κ1) is 6.81. The van der Waals surface area contributed by atoms with Crippen LogP contribution in [-0.2, 0) is 0 Å². The molecule has 0 amide bonds. The van der Waals surface area contributed by atoms with Gasteiger partial charge in [-0.05, 0) is 33.2 Å². The van der Waals surface area contributed by atoms with Crippen LogP contribution in [0.25, 0.3) is 0 Å².